The van der Waals surface area contributed by atoms with Gasteiger partial charge in [0.25, 0.3) is 0 Å². The SMILES string of the molecule is CCN(CC(C)C(=O)O)C(C)c1ccc(C(F)(F)F)cc1. The summed E-state index contributed by atoms with van der Waals surface area (Å²) in [7, 11) is 0. The lowest BCUT2D eigenvalue weighted by atomic mass is 10.0. The Morgan fingerprint density at radius 3 is 2.14 bits per heavy atom. The van der Waals surface area contributed by atoms with Gasteiger partial charge in [-0.3, -0.25) is 9.69 Å². The third-order valence-electron chi connectivity index (χ3n) is 3.60. The number of carbonyl (C=O) groups is 1. The monoisotopic (exact) mass is 303 g/mol. The molecular weight excluding hydrogens is 283 g/mol. The van der Waals surface area contributed by atoms with Crippen molar-refractivity contribution < 1.29 is 23.1 Å². The van der Waals surface area contributed by atoms with Crippen molar-refractivity contribution in [1.29, 1.82) is 0 Å². The molecule has 1 aromatic carbocycles. The molecule has 0 fully saturated rings. The van der Waals surface area contributed by atoms with Gasteiger partial charge < -0.3 is 5.11 Å². The molecule has 118 valence electrons. The van der Waals surface area contributed by atoms with Crippen LogP contribution in [0.15, 0.2) is 24.3 Å². The molecular formula is C15H20F3NO2. The van der Waals surface area contributed by atoms with E-state index in [1.165, 1.54) is 12.1 Å². The fourth-order valence-corrected chi connectivity index (χ4v) is 2.15. The molecule has 0 amide bonds. The van der Waals surface area contributed by atoms with Crippen LogP contribution < -0.4 is 0 Å². The van der Waals surface area contributed by atoms with E-state index in [0.717, 1.165) is 17.7 Å². The highest BCUT2D eigenvalue weighted by molar-refractivity contribution is 5.69. The normalized spacial score (nSPS) is 15.0. The number of halogens is 3. The van der Waals surface area contributed by atoms with E-state index in [2.05, 4.69) is 0 Å². The summed E-state index contributed by atoms with van der Waals surface area (Å²) in [5.74, 6) is -1.41. The lowest BCUT2D eigenvalue weighted by Gasteiger charge is -2.29. The minimum atomic E-state index is -4.34. The highest BCUT2D eigenvalue weighted by atomic mass is 19.4. The van der Waals surface area contributed by atoms with E-state index >= 15 is 0 Å². The van der Waals surface area contributed by atoms with Gasteiger partial charge in [0, 0.05) is 12.6 Å². The van der Waals surface area contributed by atoms with Crippen molar-refractivity contribution in [2.24, 2.45) is 5.92 Å². The van der Waals surface area contributed by atoms with Gasteiger partial charge in [-0.25, -0.2) is 0 Å². The van der Waals surface area contributed by atoms with E-state index in [9.17, 15) is 18.0 Å². The summed E-state index contributed by atoms with van der Waals surface area (Å²) in [6.45, 7) is 6.36. The van der Waals surface area contributed by atoms with E-state index in [0.29, 0.717) is 13.1 Å². The summed E-state index contributed by atoms with van der Waals surface area (Å²) in [6, 6.07) is 4.86. The fraction of sp³-hybridized carbons (Fsp3) is 0.533. The van der Waals surface area contributed by atoms with Gasteiger partial charge in [-0.1, -0.05) is 26.0 Å². The molecule has 2 unspecified atom stereocenters. The van der Waals surface area contributed by atoms with Crippen molar-refractivity contribution in [1.82, 2.24) is 4.90 Å². The summed E-state index contributed by atoms with van der Waals surface area (Å²) in [5.41, 5.74) is 0.0582. The molecule has 0 heterocycles. The van der Waals surface area contributed by atoms with Crippen LogP contribution in [-0.2, 0) is 11.0 Å². The third-order valence-corrected chi connectivity index (χ3v) is 3.60. The number of rotatable bonds is 6. The van der Waals surface area contributed by atoms with Gasteiger partial charge in [0.1, 0.15) is 0 Å². The van der Waals surface area contributed by atoms with Crippen LogP contribution in [0.2, 0.25) is 0 Å². The zero-order valence-electron chi connectivity index (χ0n) is 12.3. The topological polar surface area (TPSA) is 40.5 Å². The number of hydrogen-bond acceptors (Lipinski definition) is 2. The van der Waals surface area contributed by atoms with Gasteiger partial charge in [0.15, 0.2) is 0 Å². The Morgan fingerprint density at radius 1 is 1.24 bits per heavy atom. The van der Waals surface area contributed by atoms with Gasteiger partial charge in [-0.2, -0.15) is 13.2 Å². The molecule has 6 heteroatoms. The summed E-state index contributed by atoms with van der Waals surface area (Å²) >= 11 is 0. The molecule has 0 saturated heterocycles. The molecule has 0 bridgehead atoms. The summed E-state index contributed by atoms with van der Waals surface area (Å²) in [4.78, 5) is 12.8. The minimum absolute atomic E-state index is 0.140. The van der Waals surface area contributed by atoms with E-state index in [1.54, 1.807) is 6.92 Å². The van der Waals surface area contributed by atoms with Crippen molar-refractivity contribution >= 4 is 5.97 Å². The van der Waals surface area contributed by atoms with Crippen LogP contribution in [0, 0.1) is 5.92 Å². The molecule has 0 aromatic heterocycles. The van der Waals surface area contributed by atoms with Crippen molar-refractivity contribution in [2.75, 3.05) is 13.1 Å². The number of nitrogens with zero attached hydrogens (tertiary/aromatic N) is 1. The van der Waals surface area contributed by atoms with Gasteiger partial charge in [-0.15, -0.1) is 0 Å². The molecule has 3 nitrogen and oxygen atoms in total. The second kappa shape index (κ2) is 6.93. The lowest BCUT2D eigenvalue weighted by Crippen LogP contribution is -2.33. The van der Waals surface area contributed by atoms with E-state index < -0.39 is 23.6 Å². The van der Waals surface area contributed by atoms with E-state index in [4.69, 9.17) is 5.11 Å². The Balaban J connectivity index is 2.85. The first-order chi connectivity index (χ1) is 9.66. The van der Waals surface area contributed by atoms with Crippen molar-refractivity contribution in [2.45, 2.75) is 33.0 Å². The Labute approximate surface area is 122 Å². The Hall–Kier alpha value is -1.56. The summed E-state index contributed by atoms with van der Waals surface area (Å²) in [6.07, 6.45) is -4.34. The summed E-state index contributed by atoms with van der Waals surface area (Å²) in [5, 5.41) is 8.95. The van der Waals surface area contributed by atoms with E-state index in [1.807, 2.05) is 18.7 Å². The van der Waals surface area contributed by atoms with Crippen LogP contribution in [0.1, 0.15) is 37.9 Å². The molecule has 1 aromatic rings. The lowest BCUT2D eigenvalue weighted by molar-refractivity contribution is -0.142. The van der Waals surface area contributed by atoms with Crippen LogP contribution in [0.3, 0.4) is 0 Å². The third kappa shape index (κ3) is 4.74. The molecule has 0 aliphatic rings. The van der Waals surface area contributed by atoms with E-state index in [-0.39, 0.29) is 6.04 Å². The summed E-state index contributed by atoms with van der Waals surface area (Å²) < 4.78 is 37.6. The molecule has 0 saturated carbocycles. The van der Waals surface area contributed by atoms with Crippen LogP contribution in [0.25, 0.3) is 0 Å². The largest absolute Gasteiger partial charge is 0.481 e. The Bertz CT molecular complexity index is 471. The standard InChI is InChI=1S/C15H20F3NO2/c1-4-19(9-10(2)14(20)21)11(3)12-5-7-13(8-6-12)15(16,17)18/h5-8,10-11H,4,9H2,1-3H3,(H,20,21). The van der Waals surface area contributed by atoms with Crippen LogP contribution in [-0.4, -0.2) is 29.1 Å². The first-order valence-electron chi connectivity index (χ1n) is 6.80. The smallest absolute Gasteiger partial charge is 0.416 e. The van der Waals surface area contributed by atoms with Gasteiger partial charge in [0.2, 0.25) is 0 Å². The molecule has 1 rings (SSSR count). The second-order valence-electron chi connectivity index (χ2n) is 5.12. The first kappa shape index (κ1) is 17.5. The molecule has 0 radical (unpaired) electrons. The van der Waals surface area contributed by atoms with Crippen LogP contribution >= 0.6 is 0 Å². The maximum atomic E-state index is 12.5. The van der Waals surface area contributed by atoms with Gasteiger partial charge >= 0.3 is 12.1 Å². The molecule has 0 aliphatic heterocycles. The predicted octanol–water partition coefficient (Wildman–Crippen LogP) is 3.81. The first-order valence-corrected chi connectivity index (χ1v) is 6.80. The quantitative estimate of drug-likeness (QED) is 0.869. The van der Waals surface area contributed by atoms with Gasteiger partial charge in [0.05, 0.1) is 11.5 Å². The van der Waals surface area contributed by atoms with Crippen LogP contribution in [0.4, 0.5) is 13.2 Å². The highest BCUT2D eigenvalue weighted by Gasteiger charge is 2.30. The minimum Gasteiger partial charge on any atom is -0.481 e. The van der Waals surface area contributed by atoms with Crippen molar-refractivity contribution in [3.05, 3.63) is 35.4 Å². The zero-order valence-corrected chi connectivity index (χ0v) is 12.3. The molecule has 0 spiro atoms. The molecule has 2 atom stereocenters. The maximum Gasteiger partial charge on any atom is 0.416 e. The molecule has 1 N–H and O–H groups in total. The number of carboxylic acid groups (broad SMARTS) is 1. The second-order valence-corrected chi connectivity index (χ2v) is 5.12. The van der Waals surface area contributed by atoms with Crippen LogP contribution in [0.5, 0.6) is 0 Å². The van der Waals surface area contributed by atoms with Crippen molar-refractivity contribution in [3.8, 4) is 0 Å². The molecule has 21 heavy (non-hydrogen) atoms. The average Bonchev–Trinajstić information content (AvgIpc) is 2.42. The number of alkyl halides is 3. The number of hydrogen-bond donors (Lipinski definition) is 1. The Kier molecular flexibility index (Phi) is 5.78. The highest BCUT2D eigenvalue weighted by Crippen LogP contribution is 2.30. The predicted molar refractivity (Wildman–Crippen MR) is 73.9 cm³/mol. The number of carboxylic acids is 1. The average molecular weight is 303 g/mol. The maximum absolute atomic E-state index is 12.5. The Morgan fingerprint density at radius 2 is 1.76 bits per heavy atom. The van der Waals surface area contributed by atoms with Crippen molar-refractivity contribution in [3.63, 3.8) is 0 Å². The zero-order chi connectivity index (χ0) is 16.2. The fourth-order valence-electron chi connectivity index (χ4n) is 2.15. The number of benzene rings is 1. The van der Waals surface area contributed by atoms with Gasteiger partial charge in [-0.05, 0) is 31.2 Å². The number of aliphatic carboxylic acids is 1. The molecule has 0 aliphatic carbocycles.